The molecular formula is C20H21ClN2O5. The molecule has 148 valence electrons. The first kappa shape index (κ1) is 20.0. The second-order valence-corrected chi connectivity index (χ2v) is 7.26. The van der Waals surface area contributed by atoms with Crippen LogP contribution in [-0.2, 0) is 9.59 Å². The number of hydrogen-bond donors (Lipinski definition) is 2. The lowest BCUT2D eigenvalue weighted by Gasteiger charge is -2.24. The number of aliphatic hydroxyl groups excluding tert-OH is 1. The van der Waals surface area contributed by atoms with Crippen molar-refractivity contribution < 1.29 is 24.2 Å². The zero-order chi connectivity index (χ0) is 20.4. The van der Waals surface area contributed by atoms with E-state index in [9.17, 15) is 19.8 Å². The Kier molecular flexibility index (Phi) is 5.76. The lowest BCUT2D eigenvalue weighted by Crippen LogP contribution is -2.32. The summed E-state index contributed by atoms with van der Waals surface area (Å²) in [4.78, 5) is 28.8. The predicted octanol–water partition coefficient (Wildman–Crippen LogP) is 3.01. The van der Waals surface area contributed by atoms with Crippen LogP contribution in [0.4, 0.5) is 0 Å². The molecular weight excluding hydrogens is 384 g/mol. The minimum absolute atomic E-state index is 0.0182. The fourth-order valence-corrected chi connectivity index (χ4v) is 3.43. The molecule has 0 radical (unpaired) electrons. The number of carbonyl (C=O) groups excluding carboxylic acids is 2. The Bertz CT molecular complexity index is 921. The molecule has 1 aliphatic heterocycles. The molecule has 1 fully saturated rings. The molecule has 8 heteroatoms. The SMILES string of the molecule is CN(C)CCCN1C(=O)C(=O)C(=C(O)c2cc(Cl)ccc2O)[C@@H]1c1ccco1. The number of furan rings is 1. The van der Waals surface area contributed by atoms with Gasteiger partial charge in [-0.15, -0.1) is 0 Å². The van der Waals surface area contributed by atoms with Gasteiger partial charge in [0.05, 0.1) is 17.4 Å². The van der Waals surface area contributed by atoms with Gasteiger partial charge in [-0.2, -0.15) is 0 Å². The molecule has 1 amide bonds. The van der Waals surface area contributed by atoms with Crippen molar-refractivity contribution in [3.05, 3.63) is 58.5 Å². The van der Waals surface area contributed by atoms with E-state index in [2.05, 4.69) is 0 Å². The molecule has 28 heavy (non-hydrogen) atoms. The fourth-order valence-electron chi connectivity index (χ4n) is 3.25. The van der Waals surface area contributed by atoms with E-state index in [4.69, 9.17) is 16.0 Å². The number of Topliss-reactive ketones (excluding diaryl/α,β-unsaturated/α-hetero) is 1. The number of amides is 1. The summed E-state index contributed by atoms with van der Waals surface area (Å²) in [5.74, 6) is -1.94. The van der Waals surface area contributed by atoms with E-state index < -0.39 is 23.5 Å². The van der Waals surface area contributed by atoms with Gasteiger partial charge < -0.3 is 24.4 Å². The van der Waals surface area contributed by atoms with E-state index in [1.807, 2.05) is 19.0 Å². The molecule has 3 rings (SSSR count). The Morgan fingerprint density at radius 3 is 2.68 bits per heavy atom. The molecule has 1 atom stereocenters. The lowest BCUT2D eigenvalue weighted by atomic mass is 9.99. The van der Waals surface area contributed by atoms with E-state index in [1.54, 1.807) is 12.1 Å². The topological polar surface area (TPSA) is 94.2 Å². The van der Waals surface area contributed by atoms with Crippen molar-refractivity contribution in [3.63, 3.8) is 0 Å². The highest BCUT2D eigenvalue weighted by atomic mass is 35.5. The third-order valence-electron chi connectivity index (χ3n) is 4.57. The van der Waals surface area contributed by atoms with Gasteiger partial charge in [0, 0.05) is 11.6 Å². The molecule has 1 saturated heterocycles. The molecule has 1 aromatic carbocycles. The molecule has 2 aromatic rings. The van der Waals surface area contributed by atoms with Crippen molar-refractivity contribution >= 4 is 29.1 Å². The van der Waals surface area contributed by atoms with Crippen molar-refractivity contribution in [1.29, 1.82) is 0 Å². The van der Waals surface area contributed by atoms with Gasteiger partial charge in [-0.3, -0.25) is 9.59 Å². The van der Waals surface area contributed by atoms with Crippen LogP contribution in [0.2, 0.25) is 5.02 Å². The third-order valence-corrected chi connectivity index (χ3v) is 4.81. The number of carbonyl (C=O) groups is 2. The largest absolute Gasteiger partial charge is 0.507 e. The maximum Gasteiger partial charge on any atom is 0.295 e. The van der Waals surface area contributed by atoms with Crippen LogP contribution < -0.4 is 0 Å². The van der Waals surface area contributed by atoms with E-state index in [-0.39, 0.29) is 21.9 Å². The van der Waals surface area contributed by atoms with Crippen molar-refractivity contribution in [1.82, 2.24) is 9.80 Å². The van der Waals surface area contributed by atoms with E-state index in [0.29, 0.717) is 18.7 Å². The van der Waals surface area contributed by atoms with Gasteiger partial charge in [0.2, 0.25) is 0 Å². The van der Waals surface area contributed by atoms with Crippen molar-refractivity contribution in [2.75, 3.05) is 27.2 Å². The van der Waals surface area contributed by atoms with Crippen LogP contribution in [0.15, 0.2) is 46.6 Å². The summed E-state index contributed by atoms with van der Waals surface area (Å²) in [6.45, 7) is 1.04. The molecule has 7 nitrogen and oxygen atoms in total. The van der Waals surface area contributed by atoms with Crippen LogP contribution in [0, 0.1) is 0 Å². The zero-order valence-corrected chi connectivity index (χ0v) is 16.3. The summed E-state index contributed by atoms with van der Waals surface area (Å²) in [5.41, 5.74) is -0.155. The summed E-state index contributed by atoms with van der Waals surface area (Å²) >= 11 is 5.97. The first-order chi connectivity index (χ1) is 13.3. The molecule has 1 aliphatic rings. The molecule has 0 spiro atoms. The average Bonchev–Trinajstić information content (AvgIpc) is 3.25. The molecule has 0 bridgehead atoms. The minimum Gasteiger partial charge on any atom is -0.507 e. The Morgan fingerprint density at radius 2 is 2.04 bits per heavy atom. The maximum atomic E-state index is 12.8. The third kappa shape index (κ3) is 3.76. The Morgan fingerprint density at radius 1 is 1.29 bits per heavy atom. The Hall–Kier alpha value is -2.77. The zero-order valence-electron chi connectivity index (χ0n) is 15.6. The Balaban J connectivity index is 2.09. The average molecular weight is 405 g/mol. The summed E-state index contributed by atoms with van der Waals surface area (Å²) in [6.07, 6.45) is 2.08. The first-order valence-corrected chi connectivity index (χ1v) is 9.14. The van der Waals surface area contributed by atoms with Crippen LogP contribution in [-0.4, -0.2) is 58.9 Å². The van der Waals surface area contributed by atoms with Gasteiger partial charge in [0.15, 0.2) is 0 Å². The standard InChI is InChI=1S/C20H21ClN2O5/c1-22(2)8-4-9-23-17(15-5-3-10-28-15)16(19(26)20(23)27)18(25)13-11-12(21)6-7-14(13)24/h3,5-7,10-11,17,24-25H,4,8-9H2,1-2H3/t17-/m0/s1. The van der Waals surface area contributed by atoms with Gasteiger partial charge in [0.25, 0.3) is 11.7 Å². The number of phenolic OH excluding ortho intramolecular Hbond substituents is 1. The highest BCUT2D eigenvalue weighted by Crippen LogP contribution is 2.41. The van der Waals surface area contributed by atoms with Gasteiger partial charge >= 0.3 is 0 Å². The number of aromatic hydroxyl groups is 1. The van der Waals surface area contributed by atoms with Crippen molar-refractivity contribution in [3.8, 4) is 5.75 Å². The molecule has 0 unspecified atom stereocenters. The normalized spacial score (nSPS) is 19.0. The summed E-state index contributed by atoms with van der Waals surface area (Å²) < 4.78 is 5.45. The number of nitrogens with zero attached hydrogens (tertiary/aromatic N) is 2. The molecule has 0 saturated carbocycles. The number of rotatable bonds is 6. The minimum atomic E-state index is -0.879. The second kappa shape index (κ2) is 8.08. The van der Waals surface area contributed by atoms with Gasteiger partial charge in [-0.1, -0.05) is 11.6 Å². The number of phenols is 1. The smallest absolute Gasteiger partial charge is 0.295 e. The van der Waals surface area contributed by atoms with E-state index in [1.165, 1.54) is 29.4 Å². The monoisotopic (exact) mass is 404 g/mol. The number of hydrogen-bond acceptors (Lipinski definition) is 6. The van der Waals surface area contributed by atoms with Crippen LogP contribution in [0.1, 0.15) is 23.8 Å². The summed E-state index contributed by atoms with van der Waals surface area (Å²) in [5, 5.41) is 21.2. The van der Waals surface area contributed by atoms with Crippen LogP contribution >= 0.6 is 11.6 Å². The molecule has 2 heterocycles. The highest BCUT2D eigenvalue weighted by Gasteiger charge is 2.47. The van der Waals surface area contributed by atoms with E-state index >= 15 is 0 Å². The number of halogens is 1. The first-order valence-electron chi connectivity index (χ1n) is 8.76. The number of likely N-dealkylation sites (tertiary alicyclic amines) is 1. The van der Waals surface area contributed by atoms with Crippen molar-refractivity contribution in [2.45, 2.75) is 12.5 Å². The number of ketones is 1. The second-order valence-electron chi connectivity index (χ2n) is 6.83. The quantitative estimate of drug-likeness (QED) is 0.436. The summed E-state index contributed by atoms with van der Waals surface area (Å²) in [7, 11) is 3.83. The molecule has 0 aliphatic carbocycles. The van der Waals surface area contributed by atoms with Gasteiger partial charge in [-0.25, -0.2) is 0 Å². The molecule has 1 aromatic heterocycles. The fraction of sp³-hybridized carbons (Fsp3) is 0.300. The lowest BCUT2D eigenvalue weighted by molar-refractivity contribution is -0.140. The Labute approximate surface area is 167 Å². The van der Waals surface area contributed by atoms with Gasteiger partial charge in [-0.05, 0) is 57.4 Å². The van der Waals surface area contributed by atoms with E-state index in [0.717, 1.165) is 6.54 Å². The predicted molar refractivity (Wildman–Crippen MR) is 104 cm³/mol. The van der Waals surface area contributed by atoms with Crippen LogP contribution in [0.25, 0.3) is 5.76 Å². The van der Waals surface area contributed by atoms with Gasteiger partial charge in [0.1, 0.15) is 23.3 Å². The van der Waals surface area contributed by atoms with Crippen LogP contribution in [0.3, 0.4) is 0 Å². The maximum absolute atomic E-state index is 12.8. The number of aliphatic hydroxyl groups is 1. The van der Waals surface area contributed by atoms with Crippen LogP contribution in [0.5, 0.6) is 5.75 Å². The van der Waals surface area contributed by atoms with Crippen molar-refractivity contribution in [2.24, 2.45) is 0 Å². The summed E-state index contributed by atoms with van der Waals surface area (Å²) in [6, 6.07) is 6.51. The molecule has 2 N–H and O–H groups in total. The number of benzene rings is 1. The highest BCUT2D eigenvalue weighted by molar-refractivity contribution is 6.46.